The fraction of sp³-hybridized carbons (Fsp3) is 0.304. The normalized spacial score (nSPS) is 15.5. The van der Waals surface area contributed by atoms with Crippen molar-refractivity contribution in [2.45, 2.75) is 36.1 Å². The van der Waals surface area contributed by atoms with E-state index in [1.54, 1.807) is 30.5 Å². The van der Waals surface area contributed by atoms with E-state index in [0.717, 1.165) is 15.9 Å². The van der Waals surface area contributed by atoms with Crippen molar-refractivity contribution in [2.75, 3.05) is 13.1 Å². The largest absolute Gasteiger partial charge is 0.351 e. The molecule has 176 valence electrons. The van der Waals surface area contributed by atoms with E-state index in [1.165, 1.54) is 15.6 Å². The Balaban J connectivity index is 1.18. The molecule has 3 aromatic heterocycles. The number of carbonyl (C=O) groups excluding carboxylic acids is 1. The summed E-state index contributed by atoms with van der Waals surface area (Å²) in [6.45, 7) is 1.14. The number of benzene rings is 1. The second-order valence-corrected chi connectivity index (χ2v) is 11.5. The Labute approximate surface area is 201 Å². The zero-order chi connectivity index (χ0) is 23.5. The second-order valence-electron chi connectivity index (χ2n) is 8.15. The number of para-hydroxylation sites is 1. The van der Waals surface area contributed by atoms with Gasteiger partial charge in [-0.2, -0.15) is 4.31 Å². The fourth-order valence-electron chi connectivity index (χ4n) is 4.12. The molecule has 0 atom stereocenters. The van der Waals surface area contributed by atoms with Gasteiger partial charge in [-0.05, 0) is 49.2 Å². The molecule has 4 heterocycles. The lowest BCUT2D eigenvalue weighted by molar-refractivity contribution is -0.120. The maximum absolute atomic E-state index is 13.2. The Morgan fingerprint density at radius 1 is 1.06 bits per heavy atom. The molecule has 1 saturated heterocycles. The lowest BCUT2D eigenvalue weighted by atomic mass is 10.1. The molecule has 9 nitrogen and oxygen atoms in total. The van der Waals surface area contributed by atoms with Crippen LogP contribution in [0.3, 0.4) is 0 Å². The third kappa shape index (κ3) is 4.72. The number of hydrogen-bond acceptors (Lipinski definition) is 7. The molecule has 34 heavy (non-hydrogen) atoms. The van der Waals surface area contributed by atoms with Gasteiger partial charge in [0.15, 0.2) is 0 Å². The van der Waals surface area contributed by atoms with Gasteiger partial charge in [0.2, 0.25) is 5.91 Å². The molecule has 0 aliphatic carbocycles. The lowest BCUT2D eigenvalue weighted by Gasteiger charge is -2.30. The molecule has 1 aromatic carbocycles. The molecular weight excluding hydrogens is 472 g/mol. The predicted octanol–water partition coefficient (Wildman–Crippen LogP) is 2.77. The summed E-state index contributed by atoms with van der Waals surface area (Å²) in [7, 11) is -3.58. The van der Waals surface area contributed by atoms with Crippen molar-refractivity contribution in [3.05, 3.63) is 71.4 Å². The van der Waals surface area contributed by atoms with Crippen LogP contribution in [0.5, 0.6) is 0 Å². The van der Waals surface area contributed by atoms with Crippen LogP contribution in [0, 0.1) is 0 Å². The second kappa shape index (κ2) is 9.61. The smallest absolute Gasteiger partial charge is 0.252 e. The molecule has 5 rings (SSSR count). The van der Waals surface area contributed by atoms with Gasteiger partial charge in [-0.1, -0.05) is 23.4 Å². The zero-order valence-electron chi connectivity index (χ0n) is 18.4. The number of aromatic nitrogens is 4. The molecule has 0 radical (unpaired) electrons. The molecule has 1 fully saturated rings. The molecule has 0 spiro atoms. The highest BCUT2D eigenvalue weighted by Gasteiger charge is 2.32. The van der Waals surface area contributed by atoms with Crippen molar-refractivity contribution in [2.24, 2.45) is 0 Å². The highest BCUT2D eigenvalue weighted by atomic mass is 32.2. The molecule has 1 aliphatic rings. The zero-order valence-corrected chi connectivity index (χ0v) is 20.0. The molecule has 0 saturated carbocycles. The number of sulfonamides is 1. The summed E-state index contributed by atoms with van der Waals surface area (Å²) >= 11 is 1.19. The van der Waals surface area contributed by atoms with E-state index in [0.29, 0.717) is 35.8 Å². The number of thiophene rings is 1. The molecule has 11 heteroatoms. The first-order valence-corrected chi connectivity index (χ1v) is 13.3. The molecule has 1 amide bonds. The lowest BCUT2D eigenvalue weighted by Crippen LogP contribution is -2.38. The number of nitrogens with zero attached hydrogens (tertiary/aromatic N) is 5. The molecular formula is C23H24N6O3S2. The van der Waals surface area contributed by atoms with Crippen molar-refractivity contribution >= 4 is 38.3 Å². The Hall–Kier alpha value is -3.15. The number of carbonyl (C=O) groups is 1. The Bertz CT molecular complexity index is 1390. The van der Waals surface area contributed by atoms with E-state index in [4.69, 9.17) is 0 Å². The van der Waals surface area contributed by atoms with Gasteiger partial charge in [-0.15, -0.1) is 16.4 Å². The number of rotatable bonds is 7. The first-order chi connectivity index (χ1) is 16.5. The van der Waals surface area contributed by atoms with E-state index in [-0.39, 0.29) is 24.9 Å². The summed E-state index contributed by atoms with van der Waals surface area (Å²) in [5, 5.41) is 11.3. The van der Waals surface area contributed by atoms with Gasteiger partial charge in [-0.3, -0.25) is 9.78 Å². The van der Waals surface area contributed by atoms with Gasteiger partial charge in [0.25, 0.3) is 10.0 Å². The maximum Gasteiger partial charge on any atom is 0.252 e. The van der Waals surface area contributed by atoms with Crippen LogP contribution in [0.1, 0.15) is 29.5 Å². The van der Waals surface area contributed by atoms with Gasteiger partial charge in [-0.25, -0.2) is 13.1 Å². The number of pyridine rings is 1. The van der Waals surface area contributed by atoms with Crippen LogP contribution in [-0.2, 0) is 27.8 Å². The summed E-state index contributed by atoms with van der Waals surface area (Å²) in [5.41, 5.74) is 2.50. The minimum Gasteiger partial charge on any atom is -0.351 e. The van der Waals surface area contributed by atoms with Gasteiger partial charge in [0.05, 0.1) is 24.5 Å². The minimum absolute atomic E-state index is 0.118. The first-order valence-electron chi connectivity index (χ1n) is 11.1. The van der Waals surface area contributed by atoms with Crippen LogP contribution in [0.2, 0.25) is 0 Å². The standard InChI is InChI=1S/C23H24N6O3S2/c30-22(15-17-5-3-4-12-24-17)25-16-19-8-9-23(33-19)34(31,32)28-13-10-18(11-14-28)29-21-7-2-1-6-20(21)26-27-29/h1-9,12,18H,10-11,13-16H2,(H,25,30). The van der Waals surface area contributed by atoms with Gasteiger partial charge < -0.3 is 5.32 Å². The van der Waals surface area contributed by atoms with E-state index >= 15 is 0 Å². The summed E-state index contributed by atoms with van der Waals surface area (Å²) in [4.78, 5) is 17.1. The van der Waals surface area contributed by atoms with E-state index in [1.807, 2.05) is 35.0 Å². The Kier molecular flexibility index (Phi) is 6.40. The van der Waals surface area contributed by atoms with Crippen LogP contribution in [0.4, 0.5) is 0 Å². The molecule has 0 bridgehead atoms. The van der Waals surface area contributed by atoms with Gasteiger partial charge >= 0.3 is 0 Å². The van der Waals surface area contributed by atoms with Crippen molar-refractivity contribution in [3.63, 3.8) is 0 Å². The third-order valence-electron chi connectivity index (χ3n) is 5.91. The van der Waals surface area contributed by atoms with Crippen LogP contribution in [-0.4, -0.2) is 51.7 Å². The summed E-state index contributed by atoms with van der Waals surface area (Å²) in [5.74, 6) is -0.154. The average molecular weight is 497 g/mol. The maximum atomic E-state index is 13.2. The number of amides is 1. The quantitative estimate of drug-likeness (QED) is 0.421. The Morgan fingerprint density at radius 2 is 1.85 bits per heavy atom. The van der Waals surface area contributed by atoms with Crippen LogP contribution in [0.25, 0.3) is 11.0 Å². The Morgan fingerprint density at radius 3 is 2.65 bits per heavy atom. The van der Waals surface area contributed by atoms with E-state index in [9.17, 15) is 13.2 Å². The van der Waals surface area contributed by atoms with Crippen molar-refractivity contribution in [1.29, 1.82) is 0 Å². The predicted molar refractivity (Wildman–Crippen MR) is 129 cm³/mol. The third-order valence-corrected chi connectivity index (χ3v) is 9.36. The van der Waals surface area contributed by atoms with Gasteiger partial charge in [0, 0.05) is 29.9 Å². The van der Waals surface area contributed by atoms with E-state index < -0.39 is 10.0 Å². The molecule has 1 aliphatic heterocycles. The topological polar surface area (TPSA) is 110 Å². The van der Waals surface area contributed by atoms with Gasteiger partial charge in [0.1, 0.15) is 9.73 Å². The van der Waals surface area contributed by atoms with Crippen molar-refractivity contribution in [1.82, 2.24) is 29.6 Å². The molecule has 1 N–H and O–H groups in total. The number of hydrogen-bond donors (Lipinski definition) is 1. The number of fused-ring (bicyclic) bond motifs is 1. The first kappa shape index (κ1) is 22.6. The van der Waals surface area contributed by atoms with Crippen LogP contribution in [0.15, 0.2) is 65.0 Å². The monoisotopic (exact) mass is 496 g/mol. The van der Waals surface area contributed by atoms with Crippen molar-refractivity contribution < 1.29 is 13.2 Å². The number of nitrogens with one attached hydrogen (secondary N) is 1. The average Bonchev–Trinajstić information content (AvgIpc) is 3.51. The van der Waals surface area contributed by atoms with E-state index in [2.05, 4.69) is 20.6 Å². The SMILES string of the molecule is O=C(Cc1ccccn1)NCc1ccc(S(=O)(=O)N2CCC(n3nnc4ccccc43)CC2)s1. The summed E-state index contributed by atoms with van der Waals surface area (Å²) < 4.78 is 30.1. The number of piperidine rings is 1. The van der Waals surface area contributed by atoms with Crippen molar-refractivity contribution in [3.8, 4) is 0 Å². The fourth-order valence-corrected chi connectivity index (χ4v) is 7.04. The minimum atomic E-state index is -3.58. The highest BCUT2D eigenvalue weighted by Crippen LogP contribution is 2.31. The van der Waals surface area contributed by atoms with Crippen LogP contribution < -0.4 is 5.32 Å². The summed E-state index contributed by atoms with van der Waals surface area (Å²) in [6.07, 6.45) is 3.19. The molecule has 0 unspecified atom stereocenters. The van der Waals surface area contributed by atoms with Crippen LogP contribution >= 0.6 is 11.3 Å². The summed E-state index contributed by atoms with van der Waals surface area (Å²) in [6, 6.07) is 16.7. The molecule has 4 aromatic rings. The highest BCUT2D eigenvalue weighted by molar-refractivity contribution is 7.91.